The summed E-state index contributed by atoms with van der Waals surface area (Å²) in [6, 6.07) is 5.31. The number of benzene rings is 1. The SMILES string of the molecule is CCCCc1cn(CCO)c2cccc(C(=O)O)c12. The number of aliphatic hydroxyl groups excluding tert-OH is 1. The minimum atomic E-state index is -0.898. The molecule has 0 aliphatic heterocycles. The number of carbonyl (C=O) groups is 1. The molecular formula is C15H19NO3. The lowest BCUT2D eigenvalue weighted by atomic mass is 10.0. The van der Waals surface area contributed by atoms with E-state index >= 15 is 0 Å². The van der Waals surface area contributed by atoms with Gasteiger partial charge in [0.05, 0.1) is 12.2 Å². The van der Waals surface area contributed by atoms with E-state index in [-0.39, 0.29) is 6.61 Å². The van der Waals surface area contributed by atoms with Gasteiger partial charge in [-0.3, -0.25) is 0 Å². The van der Waals surface area contributed by atoms with Crippen LogP contribution in [0.4, 0.5) is 0 Å². The average molecular weight is 261 g/mol. The van der Waals surface area contributed by atoms with Gasteiger partial charge in [0.25, 0.3) is 0 Å². The molecule has 2 rings (SSSR count). The number of aromatic nitrogens is 1. The number of rotatable bonds is 6. The fraction of sp³-hybridized carbons (Fsp3) is 0.400. The Morgan fingerprint density at radius 2 is 2.16 bits per heavy atom. The van der Waals surface area contributed by atoms with Gasteiger partial charge in [-0.2, -0.15) is 0 Å². The molecule has 4 nitrogen and oxygen atoms in total. The molecule has 0 aliphatic rings. The summed E-state index contributed by atoms with van der Waals surface area (Å²) >= 11 is 0. The van der Waals surface area contributed by atoms with E-state index in [1.165, 1.54) is 0 Å². The molecule has 0 spiro atoms. The summed E-state index contributed by atoms with van der Waals surface area (Å²) in [5.74, 6) is -0.898. The third-order valence-electron chi connectivity index (χ3n) is 3.36. The second-order valence-corrected chi connectivity index (χ2v) is 4.68. The van der Waals surface area contributed by atoms with Gasteiger partial charge in [0, 0.05) is 23.6 Å². The van der Waals surface area contributed by atoms with Crippen molar-refractivity contribution in [1.29, 1.82) is 0 Å². The summed E-state index contributed by atoms with van der Waals surface area (Å²) in [6.07, 6.45) is 4.95. The molecule has 4 heteroatoms. The first kappa shape index (κ1) is 13.6. The number of carboxylic acids is 1. The van der Waals surface area contributed by atoms with Gasteiger partial charge in [-0.1, -0.05) is 19.4 Å². The van der Waals surface area contributed by atoms with Crippen LogP contribution in [0.25, 0.3) is 10.9 Å². The topological polar surface area (TPSA) is 62.5 Å². The Morgan fingerprint density at radius 1 is 1.37 bits per heavy atom. The normalized spacial score (nSPS) is 11.1. The van der Waals surface area contributed by atoms with E-state index in [1.807, 2.05) is 16.8 Å². The van der Waals surface area contributed by atoms with Gasteiger partial charge in [-0.15, -0.1) is 0 Å². The minimum absolute atomic E-state index is 0.0499. The zero-order valence-corrected chi connectivity index (χ0v) is 11.1. The lowest BCUT2D eigenvalue weighted by Gasteiger charge is -2.03. The van der Waals surface area contributed by atoms with Crippen molar-refractivity contribution in [2.75, 3.05) is 6.61 Å². The summed E-state index contributed by atoms with van der Waals surface area (Å²) in [4.78, 5) is 11.3. The fourth-order valence-corrected chi connectivity index (χ4v) is 2.47. The highest BCUT2D eigenvalue weighted by atomic mass is 16.4. The number of aromatic carboxylic acids is 1. The van der Waals surface area contributed by atoms with E-state index < -0.39 is 5.97 Å². The second kappa shape index (κ2) is 5.89. The number of unbranched alkanes of at least 4 members (excludes halogenated alkanes) is 1. The van der Waals surface area contributed by atoms with Crippen LogP contribution in [-0.2, 0) is 13.0 Å². The van der Waals surface area contributed by atoms with Crippen molar-refractivity contribution in [3.63, 3.8) is 0 Å². The zero-order valence-electron chi connectivity index (χ0n) is 11.1. The van der Waals surface area contributed by atoms with Gasteiger partial charge in [0.1, 0.15) is 0 Å². The maximum atomic E-state index is 11.3. The molecule has 0 radical (unpaired) electrons. The lowest BCUT2D eigenvalue weighted by Crippen LogP contribution is -2.01. The summed E-state index contributed by atoms with van der Waals surface area (Å²) in [6.45, 7) is 2.66. The molecule has 0 bridgehead atoms. The number of aryl methyl sites for hydroxylation is 1. The molecule has 0 aliphatic carbocycles. The van der Waals surface area contributed by atoms with Gasteiger partial charge in [-0.05, 0) is 30.5 Å². The van der Waals surface area contributed by atoms with Crippen LogP contribution in [0.5, 0.6) is 0 Å². The molecule has 1 heterocycles. The average Bonchev–Trinajstić information content (AvgIpc) is 2.75. The maximum Gasteiger partial charge on any atom is 0.336 e. The Morgan fingerprint density at radius 3 is 2.79 bits per heavy atom. The van der Waals surface area contributed by atoms with Crippen molar-refractivity contribution in [2.45, 2.75) is 32.7 Å². The number of carboxylic acid groups (broad SMARTS) is 1. The number of nitrogens with zero attached hydrogens (tertiary/aromatic N) is 1. The van der Waals surface area contributed by atoms with Crippen LogP contribution in [-0.4, -0.2) is 27.4 Å². The van der Waals surface area contributed by atoms with Crippen LogP contribution in [0.3, 0.4) is 0 Å². The Hall–Kier alpha value is -1.81. The molecule has 2 aromatic rings. The molecule has 1 aromatic carbocycles. The Labute approximate surface area is 112 Å². The second-order valence-electron chi connectivity index (χ2n) is 4.68. The first-order valence-electron chi connectivity index (χ1n) is 6.64. The van der Waals surface area contributed by atoms with Crippen molar-refractivity contribution in [1.82, 2.24) is 4.57 Å². The van der Waals surface area contributed by atoms with E-state index in [0.717, 1.165) is 35.7 Å². The minimum Gasteiger partial charge on any atom is -0.478 e. The molecule has 0 saturated carbocycles. The molecule has 0 atom stereocenters. The molecule has 0 amide bonds. The maximum absolute atomic E-state index is 11.3. The quantitative estimate of drug-likeness (QED) is 0.840. The summed E-state index contributed by atoms with van der Waals surface area (Å²) in [5, 5.41) is 19.2. The van der Waals surface area contributed by atoms with Crippen molar-refractivity contribution < 1.29 is 15.0 Å². The molecule has 0 unspecified atom stereocenters. The molecule has 102 valence electrons. The monoisotopic (exact) mass is 261 g/mol. The zero-order chi connectivity index (χ0) is 13.8. The summed E-state index contributed by atoms with van der Waals surface area (Å²) < 4.78 is 1.94. The number of fused-ring (bicyclic) bond motifs is 1. The predicted octanol–water partition coefficient (Wildman–Crippen LogP) is 2.67. The van der Waals surface area contributed by atoms with Crippen molar-refractivity contribution in [2.24, 2.45) is 0 Å². The summed E-state index contributed by atoms with van der Waals surface area (Å²) in [5.41, 5.74) is 2.30. The van der Waals surface area contributed by atoms with Crippen molar-refractivity contribution >= 4 is 16.9 Å². The molecule has 0 fully saturated rings. The number of hydrogen-bond acceptors (Lipinski definition) is 2. The Bertz CT molecular complexity index is 586. The Kier molecular flexibility index (Phi) is 4.22. The smallest absolute Gasteiger partial charge is 0.336 e. The van der Waals surface area contributed by atoms with E-state index in [0.29, 0.717) is 12.1 Å². The van der Waals surface area contributed by atoms with E-state index in [1.54, 1.807) is 12.1 Å². The standard InChI is InChI=1S/C15H19NO3/c1-2-3-5-11-10-16(8-9-17)13-7-4-6-12(14(11)13)15(18)19/h4,6-7,10,17H,2-3,5,8-9H2,1H3,(H,18,19). The van der Waals surface area contributed by atoms with Crippen LogP contribution in [0, 0.1) is 0 Å². The number of hydrogen-bond donors (Lipinski definition) is 2. The lowest BCUT2D eigenvalue weighted by molar-refractivity contribution is 0.0699. The third kappa shape index (κ3) is 2.63. The third-order valence-corrected chi connectivity index (χ3v) is 3.36. The van der Waals surface area contributed by atoms with Crippen LogP contribution < -0.4 is 0 Å². The van der Waals surface area contributed by atoms with Crippen LogP contribution in [0.2, 0.25) is 0 Å². The first-order valence-corrected chi connectivity index (χ1v) is 6.64. The molecule has 2 N–H and O–H groups in total. The number of aliphatic hydroxyl groups is 1. The molecule has 1 aromatic heterocycles. The van der Waals surface area contributed by atoms with Gasteiger partial charge in [-0.25, -0.2) is 4.79 Å². The van der Waals surface area contributed by atoms with Gasteiger partial charge < -0.3 is 14.8 Å². The van der Waals surface area contributed by atoms with Crippen LogP contribution in [0.1, 0.15) is 35.7 Å². The van der Waals surface area contributed by atoms with E-state index in [4.69, 9.17) is 5.11 Å². The molecule has 0 saturated heterocycles. The van der Waals surface area contributed by atoms with Crippen LogP contribution >= 0.6 is 0 Å². The fourth-order valence-electron chi connectivity index (χ4n) is 2.47. The van der Waals surface area contributed by atoms with Gasteiger partial charge in [0.2, 0.25) is 0 Å². The first-order chi connectivity index (χ1) is 9.19. The van der Waals surface area contributed by atoms with Gasteiger partial charge >= 0.3 is 5.97 Å². The summed E-state index contributed by atoms with van der Waals surface area (Å²) in [7, 11) is 0. The van der Waals surface area contributed by atoms with E-state index in [9.17, 15) is 9.90 Å². The largest absolute Gasteiger partial charge is 0.478 e. The Balaban J connectivity index is 2.61. The molecule has 19 heavy (non-hydrogen) atoms. The highest BCUT2D eigenvalue weighted by Gasteiger charge is 2.15. The van der Waals surface area contributed by atoms with Crippen LogP contribution in [0.15, 0.2) is 24.4 Å². The van der Waals surface area contributed by atoms with E-state index in [2.05, 4.69) is 6.92 Å². The van der Waals surface area contributed by atoms with Crippen molar-refractivity contribution in [3.05, 3.63) is 35.5 Å². The van der Waals surface area contributed by atoms with Gasteiger partial charge in [0.15, 0.2) is 0 Å². The highest BCUT2D eigenvalue weighted by Crippen LogP contribution is 2.26. The highest BCUT2D eigenvalue weighted by molar-refractivity contribution is 6.04. The predicted molar refractivity (Wildman–Crippen MR) is 74.6 cm³/mol. The molecular weight excluding hydrogens is 242 g/mol. The van der Waals surface area contributed by atoms with Crippen molar-refractivity contribution in [3.8, 4) is 0 Å².